The molecule has 0 aromatic carbocycles. The van der Waals surface area contributed by atoms with E-state index in [1.54, 1.807) is 12.2 Å². The first-order valence-corrected chi connectivity index (χ1v) is 21.4. The molecule has 0 aromatic rings. The highest BCUT2D eigenvalue weighted by Crippen LogP contribution is 2.43. The van der Waals surface area contributed by atoms with Crippen molar-refractivity contribution in [2.45, 2.75) is 161 Å². The molecule has 0 rings (SSSR count). The Labute approximate surface area is 315 Å². The largest absolute Gasteiger partial charge is 0.472 e. The van der Waals surface area contributed by atoms with E-state index < -0.39 is 38.6 Å². The van der Waals surface area contributed by atoms with Crippen molar-refractivity contribution in [1.82, 2.24) is 0 Å². The Hall–Kier alpha value is -2.33. The average molecular weight is 754 g/mol. The summed E-state index contributed by atoms with van der Waals surface area (Å²) in [6, 6.07) is 0. The van der Waals surface area contributed by atoms with Gasteiger partial charge >= 0.3 is 19.8 Å². The lowest BCUT2D eigenvalue weighted by Crippen LogP contribution is -2.29. The number of esters is 2. The van der Waals surface area contributed by atoms with Gasteiger partial charge in [0.25, 0.3) is 0 Å². The molecule has 0 spiro atoms. The molecule has 300 valence electrons. The minimum Gasteiger partial charge on any atom is -0.462 e. The summed E-state index contributed by atoms with van der Waals surface area (Å²) in [7, 11) is -4.43. The van der Waals surface area contributed by atoms with Crippen molar-refractivity contribution in [2.24, 2.45) is 5.73 Å². The Morgan fingerprint density at radius 3 is 1.92 bits per heavy atom. The minimum absolute atomic E-state index is 0.00175. The molecule has 0 bridgehead atoms. The summed E-state index contributed by atoms with van der Waals surface area (Å²) in [4.78, 5) is 34.8. The summed E-state index contributed by atoms with van der Waals surface area (Å²) in [6.45, 7) is 3.42. The van der Waals surface area contributed by atoms with Crippen LogP contribution in [0.2, 0.25) is 0 Å². The van der Waals surface area contributed by atoms with Gasteiger partial charge in [-0.2, -0.15) is 0 Å². The van der Waals surface area contributed by atoms with Crippen LogP contribution in [0.25, 0.3) is 0 Å². The molecule has 0 aliphatic carbocycles. The Balaban J connectivity index is 4.45. The summed E-state index contributed by atoms with van der Waals surface area (Å²) in [5.41, 5.74) is 5.32. The van der Waals surface area contributed by atoms with Crippen molar-refractivity contribution in [3.8, 4) is 0 Å². The molecule has 0 aliphatic heterocycles. The predicted molar refractivity (Wildman–Crippen MR) is 212 cm³/mol. The Bertz CT molecular complexity index is 1060. The molecular weight excluding hydrogens is 681 g/mol. The van der Waals surface area contributed by atoms with Crippen LogP contribution in [0.4, 0.5) is 0 Å². The number of phosphoric ester groups is 1. The molecule has 0 aliphatic rings. The highest BCUT2D eigenvalue weighted by molar-refractivity contribution is 7.47. The molecule has 0 aromatic heterocycles. The zero-order chi connectivity index (χ0) is 38.4. The first-order chi connectivity index (χ1) is 25.2. The van der Waals surface area contributed by atoms with Crippen LogP contribution in [0.3, 0.4) is 0 Å². The van der Waals surface area contributed by atoms with Gasteiger partial charge in [0.15, 0.2) is 6.10 Å². The molecule has 4 N–H and O–H groups in total. The smallest absolute Gasteiger partial charge is 0.462 e. The van der Waals surface area contributed by atoms with Crippen LogP contribution in [-0.4, -0.2) is 60.5 Å². The number of carbonyl (C=O) groups is 2. The van der Waals surface area contributed by atoms with Crippen LogP contribution in [-0.2, 0) is 32.7 Å². The number of aliphatic hydroxyl groups excluding tert-OH is 1. The van der Waals surface area contributed by atoms with Gasteiger partial charge < -0.3 is 25.2 Å². The van der Waals surface area contributed by atoms with Crippen LogP contribution in [0.15, 0.2) is 60.8 Å². The van der Waals surface area contributed by atoms with Gasteiger partial charge in [0, 0.05) is 19.4 Å². The standard InChI is InChI=1S/C41H72NO9P/c1-3-5-7-9-11-13-15-17-19-21-23-25-27-30-38(43)31-29-33-41(45)51-39(37-50-52(46,47)49-35-34-42)36-48-40(44)32-28-26-24-22-20-18-16-14-12-10-8-6-4-2/h11,13-14,16-17,19,23,25,27,30,38-39,43H,3-10,12,15,18,20-22,24,26,28-29,31-37,42H2,1-2H3,(H,46,47)/b13-11-,16-14-,19-17-,25-23-,30-27+/t38-,39+/m0/s1. The molecule has 10 nitrogen and oxygen atoms in total. The van der Waals surface area contributed by atoms with Crippen LogP contribution in [0.5, 0.6) is 0 Å². The molecule has 52 heavy (non-hydrogen) atoms. The third-order valence-electron chi connectivity index (χ3n) is 7.98. The summed E-state index contributed by atoms with van der Waals surface area (Å²) >= 11 is 0. The van der Waals surface area contributed by atoms with Gasteiger partial charge in [-0.25, -0.2) is 4.57 Å². The molecule has 0 saturated carbocycles. The number of phosphoric acid groups is 1. The number of allylic oxidation sites excluding steroid dienone is 9. The van der Waals surface area contributed by atoms with Gasteiger partial charge in [0.1, 0.15) is 6.61 Å². The Kier molecular flexibility index (Phi) is 35.3. The van der Waals surface area contributed by atoms with Gasteiger partial charge in [-0.05, 0) is 70.6 Å². The van der Waals surface area contributed by atoms with Crippen molar-refractivity contribution >= 4 is 19.8 Å². The predicted octanol–water partition coefficient (Wildman–Crippen LogP) is 9.91. The third-order valence-corrected chi connectivity index (χ3v) is 8.96. The van der Waals surface area contributed by atoms with E-state index in [4.69, 9.17) is 24.3 Å². The molecule has 3 atom stereocenters. The van der Waals surface area contributed by atoms with Crippen LogP contribution < -0.4 is 5.73 Å². The number of aliphatic hydroxyl groups is 1. The van der Waals surface area contributed by atoms with Gasteiger partial charge in [0.05, 0.1) is 19.3 Å². The van der Waals surface area contributed by atoms with E-state index in [0.717, 1.165) is 57.8 Å². The van der Waals surface area contributed by atoms with Crippen LogP contribution in [0, 0.1) is 0 Å². The summed E-state index contributed by atoms with van der Waals surface area (Å²) in [5, 5.41) is 10.2. The van der Waals surface area contributed by atoms with Gasteiger partial charge in [-0.15, -0.1) is 0 Å². The highest BCUT2D eigenvalue weighted by atomic mass is 31.2. The van der Waals surface area contributed by atoms with Crippen molar-refractivity contribution in [3.05, 3.63) is 60.8 Å². The lowest BCUT2D eigenvalue weighted by Gasteiger charge is -2.20. The van der Waals surface area contributed by atoms with Crippen molar-refractivity contribution < 1.29 is 42.7 Å². The van der Waals surface area contributed by atoms with Gasteiger partial charge in [-0.1, -0.05) is 126 Å². The zero-order valence-electron chi connectivity index (χ0n) is 32.4. The normalized spacial score (nSPS) is 14.6. The fraction of sp³-hybridized carbons (Fsp3) is 0.707. The lowest BCUT2D eigenvalue weighted by atomic mass is 10.1. The Morgan fingerprint density at radius 2 is 1.23 bits per heavy atom. The van der Waals surface area contributed by atoms with E-state index in [2.05, 4.69) is 50.3 Å². The summed E-state index contributed by atoms with van der Waals surface area (Å²) < 4.78 is 32.5. The second-order valence-electron chi connectivity index (χ2n) is 13.0. The monoisotopic (exact) mass is 753 g/mol. The maximum Gasteiger partial charge on any atom is 0.472 e. The van der Waals surface area contributed by atoms with Crippen molar-refractivity contribution in [2.75, 3.05) is 26.4 Å². The average Bonchev–Trinajstić information content (AvgIpc) is 3.12. The van der Waals surface area contributed by atoms with E-state index >= 15 is 0 Å². The maximum atomic E-state index is 12.5. The quantitative estimate of drug-likeness (QED) is 0.0185. The van der Waals surface area contributed by atoms with Crippen LogP contribution in [0.1, 0.15) is 149 Å². The fourth-order valence-corrected chi connectivity index (χ4v) is 5.73. The third kappa shape index (κ3) is 36.0. The SMILES string of the molecule is CCCCC/C=C\C/C=C\C/C=C\C=C\[C@H](O)CCCC(=O)O[C@H](COC(=O)CCCCCCC/C=C\CCCCCC)COP(=O)(O)OCCN. The van der Waals surface area contributed by atoms with Crippen molar-refractivity contribution in [3.63, 3.8) is 0 Å². The minimum atomic E-state index is -4.43. The van der Waals surface area contributed by atoms with E-state index in [0.29, 0.717) is 19.3 Å². The Morgan fingerprint density at radius 1 is 0.673 bits per heavy atom. The molecule has 0 amide bonds. The molecular formula is C41H72NO9P. The number of nitrogens with two attached hydrogens (primary N) is 1. The van der Waals surface area contributed by atoms with E-state index in [1.807, 2.05) is 12.2 Å². The molecule has 0 saturated heterocycles. The van der Waals surface area contributed by atoms with Crippen LogP contribution >= 0.6 is 7.82 Å². The molecule has 0 heterocycles. The molecule has 0 radical (unpaired) electrons. The first kappa shape index (κ1) is 49.7. The molecule has 0 fully saturated rings. The fourth-order valence-electron chi connectivity index (χ4n) is 4.97. The van der Waals surface area contributed by atoms with E-state index in [-0.39, 0.29) is 32.6 Å². The maximum absolute atomic E-state index is 12.5. The van der Waals surface area contributed by atoms with Crippen molar-refractivity contribution in [1.29, 1.82) is 0 Å². The molecule has 11 heteroatoms. The topological polar surface area (TPSA) is 155 Å². The van der Waals surface area contributed by atoms with Gasteiger partial charge in [-0.3, -0.25) is 18.6 Å². The lowest BCUT2D eigenvalue weighted by molar-refractivity contribution is -0.161. The van der Waals surface area contributed by atoms with Gasteiger partial charge in [0.2, 0.25) is 0 Å². The number of rotatable bonds is 36. The second-order valence-corrected chi connectivity index (χ2v) is 14.4. The molecule has 1 unspecified atom stereocenters. The first-order valence-electron chi connectivity index (χ1n) is 19.9. The van der Waals surface area contributed by atoms with E-state index in [9.17, 15) is 24.2 Å². The number of hydrogen-bond donors (Lipinski definition) is 3. The second kappa shape index (κ2) is 37.0. The number of carbonyl (C=O) groups excluding carboxylic acids is 2. The zero-order valence-corrected chi connectivity index (χ0v) is 33.3. The summed E-state index contributed by atoms with van der Waals surface area (Å²) in [6.07, 6.45) is 38.5. The number of unbranched alkanes of at least 4 members (excludes halogenated alkanes) is 12. The number of ether oxygens (including phenoxy) is 2. The van der Waals surface area contributed by atoms with E-state index in [1.165, 1.54) is 44.9 Å². The summed E-state index contributed by atoms with van der Waals surface area (Å²) in [5.74, 6) is -1.05. The number of hydrogen-bond acceptors (Lipinski definition) is 9. The highest BCUT2D eigenvalue weighted by Gasteiger charge is 2.26.